The lowest BCUT2D eigenvalue weighted by Crippen LogP contribution is -2.39. The summed E-state index contributed by atoms with van der Waals surface area (Å²) < 4.78 is 5.50. The van der Waals surface area contributed by atoms with Gasteiger partial charge in [-0.1, -0.05) is 32.1 Å². The van der Waals surface area contributed by atoms with Crippen LogP contribution in [0.15, 0.2) is 30.4 Å². The summed E-state index contributed by atoms with van der Waals surface area (Å²) >= 11 is 0. The van der Waals surface area contributed by atoms with E-state index in [0.29, 0.717) is 12.5 Å². The van der Waals surface area contributed by atoms with Crippen molar-refractivity contribution in [3.63, 3.8) is 0 Å². The number of hydrogen-bond donors (Lipinski definition) is 1. The molecule has 0 aliphatic carbocycles. The first kappa shape index (κ1) is 15.6. The van der Waals surface area contributed by atoms with E-state index in [2.05, 4.69) is 20.4 Å². The molecule has 1 amide bonds. The molecular formula is C17H24N2O2. The van der Waals surface area contributed by atoms with Crippen molar-refractivity contribution in [3.05, 3.63) is 35.9 Å². The van der Waals surface area contributed by atoms with Crippen molar-refractivity contribution in [2.45, 2.75) is 33.2 Å². The number of anilines is 1. The molecule has 0 fully saturated rings. The van der Waals surface area contributed by atoms with Gasteiger partial charge in [0.25, 0.3) is 5.91 Å². The number of benzene rings is 1. The van der Waals surface area contributed by atoms with E-state index in [-0.39, 0.29) is 18.6 Å². The van der Waals surface area contributed by atoms with Crippen LogP contribution >= 0.6 is 0 Å². The van der Waals surface area contributed by atoms with Gasteiger partial charge in [0.15, 0.2) is 6.61 Å². The zero-order chi connectivity index (χ0) is 15.6. The third kappa shape index (κ3) is 3.64. The Morgan fingerprint density at radius 3 is 2.81 bits per heavy atom. The van der Waals surface area contributed by atoms with Crippen molar-refractivity contribution in [2.75, 3.05) is 18.1 Å². The number of hydrogen-bond acceptors (Lipinski definition) is 3. The van der Waals surface area contributed by atoms with Crippen LogP contribution in [0, 0.1) is 5.92 Å². The molecule has 1 aromatic carbocycles. The third-order valence-corrected chi connectivity index (χ3v) is 3.51. The smallest absolute Gasteiger partial charge is 0.265 e. The summed E-state index contributed by atoms with van der Waals surface area (Å²) in [6, 6.07) is 5.84. The van der Waals surface area contributed by atoms with Gasteiger partial charge in [0.2, 0.25) is 0 Å². The summed E-state index contributed by atoms with van der Waals surface area (Å²) in [4.78, 5) is 13.8. The van der Waals surface area contributed by atoms with Crippen molar-refractivity contribution in [2.24, 2.45) is 11.7 Å². The number of fused-ring (bicyclic) bond motifs is 1. The van der Waals surface area contributed by atoms with E-state index in [1.54, 1.807) is 4.90 Å². The van der Waals surface area contributed by atoms with Gasteiger partial charge in [-0.15, -0.1) is 0 Å². The summed E-state index contributed by atoms with van der Waals surface area (Å²) in [6.07, 6.45) is 0.911. The van der Waals surface area contributed by atoms with Crippen LogP contribution in [0.2, 0.25) is 0 Å². The molecule has 1 aromatic rings. The van der Waals surface area contributed by atoms with E-state index >= 15 is 0 Å². The highest BCUT2D eigenvalue weighted by atomic mass is 16.5. The fraction of sp³-hybridized carbons (Fsp3) is 0.471. The molecule has 2 rings (SSSR count). The molecule has 0 bridgehead atoms. The number of ether oxygens (including phenoxy) is 1. The molecule has 0 saturated heterocycles. The second-order valence-corrected chi connectivity index (χ2v) is 6.19. The van der Waals surface area contributed by atoms with Gasteiger partial charge >= 0.3 is 0 Å². The Morgan fingerprint density at radius 2 is 2.19 bits per heavy atom. The summed E-state index contributed by atoms with van der Waals surface area (Å²) in [7, 11) is 0. The molecule has 1 atom stereocenters. The maximum Gasteiger partial charge on any atom is 0.265 e. The number of nitrogens with zero attached hydrogens (tertiary/aromatic N) is 1. The number of amides is 1. The molecule has 0 radical (unpaired) electrons. The van der Waals surface area contributed by atoms with Crippen LogP contribution in [0.5, 0.6) is 5.75 Å². The molecule has 4 nitrogen and oxygen atoms in total. The molecular weight excluding hydrogens is 264 g/mol. The second-order valence-electron chi connectivity index (χ2n) is 6.19. The number of rotatable bonds is 5. The molecule has 0 spiro atoms. The van der Waals surface area contributed by atoms with E-state index in [9.17, 15) is 4.79 Å². The molecule has 0 saturated carbocycles. The average molecular weight is 288 g/mol. The number of carbonyl (C=O) groups excluding carboxylic acids is 1. The normalized spacial score (nSPS) is 15.7. The lowest BCUT2D eigenvalue weighted by Gasteiger charge is -2.30. The first-order chi connectivity index (χ1) is 9.88. The Bertz CT molecular complexity index is 552. The standard InChI is InChI=1S/C17H24N2O2/c1-11(2)7-14(18)13-5-6-16-15(8-13)19(9-12(3)4)17(20)10-21-16/h5-6,8,11,14H,3,7,9-10,18H2,1-2,4H3. The zero-order valence-electron chi connectivity index (χ0n) is 13.1. The van der Waals surface area contributed by atoms with Crippen LogP contribution in [0.1, 0.15) is 38.8 Å². The van der Waals surface area contributed by atoms with Gasteiger partial charge in [0, 0.05) is 12.6 Å². The number of carbonyl (C=O) groups is 1. The third-order valence-electron chi connectivity index (χ3n) is 3.51. The Labute approximate surface area is 126 Å². The van der Waals surface area contributed by atoms with Crippen LogP contribution in [0.25, 0.3) is 0 Å². The van der Waals surface area contributed by atoms with Crippen molar-refractivity contribution in [1.82, 2.24) is 0 Å². The fourth-order valence-electron chi connectivity index (χ4n) is 2.54. The second kappa shape index (κ2) is 6.31. The largest absolute Gasteiger partial charge is 0.482 e. The minimum absolute atomic E-state index is 0.0287. The minimum Gasteiger partial charge on any atom is -0.482 e. The molecule has 21 heavy (non-hydrogen) atoms. The highest BCUT2D eigenvalue weighted by Gasteiger charge is 2.26. The van der Waals surface area contributed by atoms with E-state index in [0.717, 1.165) is 29.0 Å². The molecule has 2 N–H and O–H groups in total. The van der Waals surface area contributed by atoms with Gasteiger partial charge in [0.1, 0.15) is 5.75 Å². The van der Waals surface area contributed by atoms with E-state index in [1.165, 1.54) is 0 Å². The average Bonchev–Trinajstić information content (AvgIpc) is 2.40. The van der Waals surface area contributed by atoms with Crippen LogP contribution in [-0.2, 0) is 4.79 Å². The Hall–Kier alpha value is -1.81. The van der Waals surface area contributed by atoms with Crippen molar-refractivity contribution in [3.8, 4) is 5.75 Å². The summed E-state index contributed by atoms with van der Waals surface area (Å²) in [5, 5.41) is 0. The first-order valence-corrected chi connectivity index (χ1v) is 7.35. The molecule has 4 heteroatoms. The maximum absolute atomic E-state index is 12.1. The van der Waals surface area contributed by atoms with Gasteiger partial charge in [-0.05, 0) is 37.0 Å². The Kier molecular flexibility index (Phi) is 4.68. The molecule has 1 aliphatic heterocycles. The van der Waals surface area contributed by atoms with Crippen molar-refractivity contribution < 1.29 is 9.53 Å². The van der Waals surface area contributed by atoms with E-state index in [4.69, 9.17) is 10.5 Å². The highest BCUT2D eigenvalue weighted by molar-refractivity contribution is 5.98. The lowest BCUT2D eigenvalue weighted by atomic mass is 9.97. The molecule has 1 aliphatic rings. The van der Waals surface area contributed by atoms with Gasteiger partial charge in [0.05, 0.1) is 5.69 Å². The lowest BCUT2D eigenvalue weighted by molar-refractivity contribution is -0.121. The van der Waals surface area contributed by atoms with Crippen LogP contribution < -0.4 is 15.4 Å². The summed E-state index contributed by atoms with van der Waals surface area (Å²) in [5.41, 5.74) is 9.02. The topological polar surface area (TPSA) is 55.6 Å². The van der Waals surface area contributed by atoms with Gasteiger partial charge < -0.3 is 15.4 Å². The molecule has 114 valence electrons. The van der Waals surface area contributed by atoms with Crippen molar-refractivity contribution >= 4 is 11.6 Å². The maximum atomic E-state index is 12.1. The summed E-state index contributed by atoms with van der Waals surface area (Å²) in [5.74, 6) is 1.22. The zero-order valence-corrected chi connectivity index (χ0v) is 13.1. The fourth-order valence-corrected chi connectivity index (χ4v) is 2.54. The minimum atomic E-state index is -0.0416. The van der Waals surface area contributed by atoms with Gasteiger partial charge in [-0.3, -0.25) is 4.79 Å². The molecule has 1 unspecified atom stereocenters. The predicted molar refractivity (Wildman–Crippen MR) is 85.5 cm³/mol. The first-order valence-electron chi connectivity index (χ1n) is 7.35. The van der Waals surface area contributed by atoms with Gasteiger partial charge in [-0.2, -0.15) is 0 Å². The van der Waals surface area contributed by atoms with Crippen LogP contribution in [-0.4, -0.2) is 19.1 Å². The quantitative estimate of drug-likeness (QED) is 0.847. The van der Waals surface area contributed by atoms with E-state index in [1.807, 2.05) is 25.1 Å². The van der Waals surface area contributed by atoms with Crippen molar-refractivity contribution in [1.29, 1.82) is 0 Å². The van der Waals surface area contributed by atoms with Gasteiger partial charge in [-0.25, -0.2) is 0 Å². The molecule has 0 aromatic heterocycles. The monoisotopic (exact) mass is 288 g/mol. The SMILES string of the molecule is C=C(C)CN1C(=O)COc2ccc(C(N)CC(C)C)cc21. The summed E-state index contributed by atoms with van der Waals surface area (Å²) in [6.45, 7) is 10.7. The highest BCUT2D eigenvalue weighted by Crippen LogP contribution is 2.35. The van der Waals surface area contributed by atoms with Crippen LogP contribution in [0.3, 0.4) is 0 Å². The number of nitrogens with two attached hydrogens (primary N) is 1. The van der Waals surface area contributed by atoms with Crippen LogP contribution in [0.4, 0.5) is 5.69 Å². The Balaban J connectivity index is 2.33. The predicted octanol–water partition coefficient (Wildman–Crippen LogP) is 3.03. The molecule has 1 heterocycles. The van der Waals surface area contributed by atoms with E-state index < -0.39 is 0 Å². The Morgan fingerprint density at radius 1 is 1.48 bits per heavy atom.